The van der Waals surface area contributed by atoms with Crippen molar-refractivity contribution in [3.8, 4) is 56.3 Å². The van der Waals surface area contributed by atoms with E-state index < -0.39 is 0 Å². The molecule has 2 aliphatic carbocycles. The van der Waals surface area contributed by atoms with Gasteiger partial charge >= 0.3 is 0 Å². The van der Waals surface area contributed by atoms with Crippen LogP contribution < -0.4 is 9.80 Å². The number of anilines is 6. The third kappa shape index (κ3) is 9.29. The minimum atomic E-state index is -0.188. The standard InChI is InChI=1S/C104H70N4O2/c1-103(2)92-28-16-14-26-84(92)88-59-79(44-50-93(88)103)105(75-39-35-63-51-71(33-31-65(63)53-75)99-57-69-19-11-17-29-97(69)109-99)77-41-47-81-67(55-77)37-45-86-89-61-96-90(62-95(89)107(101(81)86)73-21-7-5-8-22-73)87-46-38-68-56-78(42-48-82(68)102(87)108(96)74-23-9-6-10-24-74)106(80-43-49-85-83-25-13-15-27-91(83)104(3,4)94(85)60-80)76-40-36-64-52-72(34-32-66(64)54-76)100-58-70-20-12-18-30-98(70)110-100/h5-62H,1-4H3. The van der Waals surface area contributed by atoms with Gasteiger partial charge in [-0.2, -0.15) is 0 Å². The summed E-state index contributed by atoms with van der Waals surface area (Å²) in [6.45, 7) is 9.45. The Kier molecular flexibility index (Phi) is 13.2. The Balaban J connectivity index is 0.683. The highest BCUT2D eigenvalue weighted by atomic mass is 16.3. The molecule has 0 fully saturated rings. The van der Waals surface area contributed by atoms with Gasteiger partial charge in [-0.25, -0.2) is 0 Å². The number of hydrogen-bond acceptors (Lipinski definition) is 4. The second-order valence-electron chi connectivity index (χ2n) is 31.2. The summed E-state index contributed by atoms with van der Waals surface area (Å²) >= 11 is 0. The van der Waals surface area contributed by atoms with E-state index in [0.717, 1.165) is 133 Å². The lowest BCUT2D eigenvalue weighted by atomic mass is 9.82. The van der Waals surface area contributed by atoms with Crippen LogP contribution in [0.5, 0.6) is 0 Å². The maximum Gasteiger partial charge on any atom is 0.135 e. The second kappa shape index (κ2) is 23.3. The van der Waals surface area contributed by atoms with Crippen LogP contribution in [-0.4, -0.2) is 9.13 Å². The van der Waals surface area contributed by atoms with Gasteiger partial charge in [-0.05, 0) is 222 Å². The minimum Gasteiger partial charge on any atom is -0.456 e. The van der Waals surface area contributed by atoms with E-state index in [2.05, 4.69) is 374 Å². The summed E-state index contributed by atoms with van der Waals surface area (Å²) in [6.07, 6.45) is 0. The molecule has 0 aliphatic heterocycles. The summed E-state index contributed by atoms with van der Waals surface area (Å²) in [7, 11) is 0. The Labute approximate surface area is 635 Å². The summed E-state index contributed by atoms with van der Waals surface area (Å²) in [4.78, 5) is 4.91. The van der Waals surface area contributed by atoms with Crippen LogP contribution >= 0.6 is 0 Å². The van der Waals surface area contributed by atoms with Crippen LogP contribution in [0.3, 0.4) is 0 Å². The van der Waals surface area contributed by atoms with Crippen molar-refractivity contribution in [3.63, 3.8) is 0 Å². The zero-order valence-electron chi connectivity index (χ0n) is 61.1. The molecular weight excluding hydrogens is 1340 g/mol. The van der Waals surface area contributed by atoms with E-state index in [1.165, 1.54) is 87.9 Å². The van der Waals surface area contributed by atoms with Crippen LogP contribution in [0.1, 0.15) is 49.9 Å². The fraction of sp³-hybridized carbons (Fsp3) is 0.0577. The molecule has 0 unspecified atom stereocenters. The number of nitrogens with zero attached hydrogens (tertiary/aromatic N) is 4. The van der Waals surface area contributed by atoms with Crippen molar-refractivity contribution in [1.29, 1.82) is 0 Å². The van der Waals surface area contributed by atoms with Gasteiger partial charge in [0.15, 0.2) is 0 Å². The first-order chi connectivity index (χ1) is 54.0. The second-order valence-corrected chi connectivity index (χ2v) is 31.2. The molecule has 17 aromatic carbocycles. The zero-order chi connectivity index (χ0) is 72.8. The molecule has 0 bridgehead atoms. The van der Waals surface area contributed by atoms with E-state index in [4.69, 9.17) is 8.83 Å². The number of hydrogen-bond donors (Lipinski definition) is 0. The van der Waals surface area contributed by atoms with Crippen molar-refractivity contribution in [1.82, 2.24) is 9.13 Å². The SMILES string of the molecule is CC1(C)c2ccccc2-c2cc(N(c3ccc4cc(-c5cc6ccccc6o5)ccc4c3)c3ccc4c(ccc5c6cc7c(cc6n(-c6ccccc6)c45)c4ccc5cc(N(c6ccc8c(c6)C(C)(C)c6ccccc6-8)c6ccc8cc(-c9cc%10ccccc%10o9)ccc8c6)ccc5c4n7-c4ccccc4)c3)ccc21. The Morgan fingerprint density at radius 1 is 0.236 bits per heavy atom. The first-order valence-electron chi connectivity index (χ1n) is 38.2. The highest BCUT2D eigenvalue weighted by Gasteiger charge is 2.38. The molecule has 4 heterocycles. The quantitative estimate of drug-likeness (QED) is 0.137. The Morgan fingerprint density at radius 2 is 0.600 bits per heavy atom. The number of benzene rings is 17. The van der Waals surface area contributed by atoms with Crippen LogP contribution in [0.2, 0.25) is 0 Å². The third-order valence-electron chi connectivity index (χ3n) is 24.4. The summed E-state index contributed by atoms with van der Waals surface area (Å²) in [6, 6.07) is 131. The summed E-state index contributed by atoms with van der Waals surface area (Å²) in [5.41, 5.74) is 27.5. The van der Waals surface area contributed by atoms with Crippen molar-refractivity contribution >= 4 is 143 Å². The average Bonchev–Trinajstić information content (AvgIpc) is 1.53. The topological polar surface area (TPSA) is 42.6 Å². The highest BCUT2D eigenvalue weighted by Crippen LogP contribution is 2.54. The molecule has 6 nitrogen and oxygen atoms in total. The average molecular weight is 1410 g/mol. The molecule has 2 aliphatic rings. The van der Waals surface area contributed by atoms with Crippen LogP contribution in [0.15, 0.2) is 361 Å². The smallest absolute Gasteiger partial charge is 0.135 e. The lowest BCUT2D eigenvalue weighted by Crippen LogP contribution is -2.16. The molecule has 0 atom stereocenters. The van der Waals surface area contributed by atoms with E-state index in [9.17, 15) is 0 Å². The molecule has 0 amide bonds. The number of fused-ring (bicyclic) bond motifs is 20. The fourth-order valence-corrected chi connectivity index (χ4v) is 19.0. The predicted octanol–water partition coefficient (Wildman–Crippen LogP) is 28.9. The normalized spacial score (nSPS) is 13.4. The van der Waals surface area contributed by atoms with Crippen LogP contribution in [0, 0.1) is 0 Å². The van der Waals surface area contributed by atoms with Crippen LogP contribution in [0.25, 0.3) is 165 Å². The number of furan rings is 2. The fourth-order valence-electron chi connectivity index (χ4n) is 19.0. The molecule has 0 spiro atoms. The molecule has 6 heteroatoms. The van der Waals surface area contributed by atoms with Gasteiger partial charge in [-0.15, -0.1) is 0 Å². The van der Waals surface area contributed by atoms with E-state index in [1.807, 2.05) is 24.3 Å². The Bertz CT molecular complexity index is 7420. The van der Waals surface area contributed by atoms with E-state index in [0.29, 0.717) is 0 Å². The number of rotatable bonds is 10. The molecule has 110 heavy (non-hydrogen) atoms. The van der Waals surface area contributed by atoms with Gasteiger partial charge in [0, 0.05) is 111 Å². The van der Waals surface area contributed by atoms with Crippen molar-refractivity contribution in [2.45, 2.75) is 38.5 Å². The van der Waals surface area contributed by atoms with Gasteiger partial charge in [0.2, 0.25) is 0 Å². The predicted molar refractivity (Wildman–Crippen MR) is 460 cm³/mol. The monoisotopic (exact) mass is 1410 g/mol. The number of para-hydroxylation sites is 4. The zero-order valence-corrected chi connectivity index (χ0v) is 61.1. The molecule has 23 rings (SSSR count). The molecule has 0 N–H and O–H groups in total. The first-order valence-corrected chi connectivity index (χ1v) is 38.2. The van der Waals surface area contributed by atoms with Gasteiger partial charge in [-0.3, -0.25) is 0 Å². The summed E-state index contributed by atoms with van der Waals surface area (Å²) < 4.78 is 17.8. The van der Waals surface area contributed by atoms with Gasteiger partial charge in [-0.1, -0.05) is 234 Å². The minimum absolute atomic E-state index is 0.129. The maximum absolute atomic E-state index is 6.39. The highest BCUT2D eigenvalue weighted by molar-refractivity contribution is 6.26. The lowest BCUT2D eigenvalue weighted by Gasteiger charge is -2.28. The van der Waals surface area contributed by atoms with Crippen LogP contribution in [-0.2, 0) is 10.8 Å². The summed E-state index contributed by atoms with van der Waals surface area (Å²) in [5.74, 6) is 1.73. The largest absolute Gasteiger partial charge is 0.456 e. The van der Waals surface area contributed by atoms with Crippen molar-refractivity contribution in [3.05, 3.63) is 374 Å². The lowest BCUT2D eigenvalue weighted by molar-refractivity contribution is 0.631. The van der Waals surface area contributed by atoms with Crippen molar-refractivity contribution in [2.75, 3.05) is 9.80 Å². The molecule has 4 aromatic heterocycles. The molecule has 0 saturated carbocycles. The van der Waals surface area contributed by atoms with Gasteiger partial charge in [0.1, 0.15) is 22.7 Å². The first kappa shape index (κ1) is 62.3. The van der Waals surface area contributed by atoms with E-state index >= 15 is 0 Å². The molecule has 0 radical (unpaired) electrons. The van der Waals surface area contributed by atoms with E-state index in [-0.39, 0.29) is 10.8 Å². The van der Waals surface area contributed by atoms with Gasteiger partial charge < -0.3 is 27.8 Å². The maximum atomic E-state index is 6.39. The van der Waals surface area contributed by atoms with Crippen LogP contribution in [0.4, 0.5) is 34.1 Å². The number of aromatic nitrogens is 2. The molecule has 518 valence electrons. The molecule has 0 saturated heterocycles. The summed E-state index contributed by atoms with van der Waals surface area (Å²) in [5, 5.41) is 16.2. The molecule has 21 aromatic rings. The van der Waals surface area contributed by atoms with Crippen molar-refractivity contribution in [2.24, 2.45) is 0 Å². The third-order valence-corrected chi connectivity index (χ3v) is 24.4. The Hall–Kier alpha value is -13.9. The Morgan fingerprint density at radius 3 is 1.12 bits per heavy atom. The van der Waals surface area contributed by atoms with Gasteiger partial charge in [0.25, 0.3) is 0 Å². The van der Waals surface area contributed by atoms with E-state index in [1.54, 1.807) is 0 Å². The van der Waals surface area contributed by atoms with Crippen molar-refractivity contribution < 1.29 is 8.83 Å². The molecular formula is C104H70N4O2. The van der Waals surface area contributed by atoms with Gasteiger partial charge in [0.05, 0.1) is 22.1 Å².